The van der Waals surface area contributed by atoms with Crippen LogP contribution < -0.4 is 11.3 Å². The van der Waals surface area contributed by atoms with Crippen LogP contribution in [0.5, 0.6) is 0 Å². The molecule has 0 saturated carbocycles. The molecule has 4 aromatic rings. The van der Waals surface area contributed by atoms with Crippen molar-refractivity contribution in [1.82, 2.24) is 14.5 Å². The highest BCUT2D eigenvalue weighted by Crippen LogP contribution is 2.26. The lowest BCUT2D eigenvalue weighted by atomic mass is 9.99. The van der Waals surface area contributed by atoms with E-state index in [9.17, 15) is 14.0 Å². The van der Waals surface area contributed by atoms with Gasteiger partial charge in [-0.25, -0.2) is 9.37 Å². The molecule has 4 rings (SSSR count). The second kappa shape index (κ2) is 14.3. The Morgan fingerprint density at radius 1 is 1.05 bits per heavy atom. The number of nitrogens with zero attached hydrogens (tertiary/aromatic N) is 3. The number of hydrogen-bond donors (Lipinski definition) is 1. The van der Waals surface area contributed by atoms with Crippen LogP contribution in [0, 0.1) is 5.82 Å². The molecule has 0 fully saturated rings. The SMILES string of the molecule is CN(Cc1ccccc1-c1ccc(Cl)cc1)C(=O)Cn1c(SCc2ccc(F)cc2)ncc(CCN)c1=O.Cl. The third-order valence-corrected chi connectivity index (χ3v) is 7.39. The number of hydrogen-bond acceptors (Lipinski definition) is 5. The zero-order chi connectivity index (χ0) is 27.1. The number of halogens is 3. The second-order valence-corrected chi connectivity index (χ2v) is 10.2. The Hall–Kier alpha value is -3.17. The number of aromatic nitrogens is 2. The van der Waals surface area contributed by atoms with Gasteiger partial charge in [-0.2, -0.15) is 0 Å². The topological polar surface area (TPSA) is 81.2 Å². The van der Waals surface area contributed by atoms with Gasteiger partial charge in [-0.05, 0) is 59.5 Å². The highest BCUT2D eigenvalue weighted by Gasteiger charge is 2.18. The van der Waals surface area contributed by atoms with Gasteiger partial charge in [0.2, 0.25) is 5.91 Å². The van der Waals surface area contributed by atoms with E-state index in [-0.39, 0.29) is 36.2 Å². The lowest BCUT2D eigenvalue weighted by Crippen LogP contribution is -2.36. The van der Waals surface area contributed by atoms with Gasteiger partial charge in [0.05, 0.1) is 0 Å². The van der Waals surface area contributed by atoms with E-state index >= 15 is 0 Å². The third kappa shape index (κ3) is 7.92. The first-order valence-corrected chi connectivity index (χ1v) is 13.5. The molecule has 0 unspecified atom stereocenters. The summed E-state index contributed by atoms with van der Waals surface area (Å²) in [5.74, 6) is -0.0684. The molecule has 1 amide bonds. The van der Waals surface area contributed by atoms with Crippen molar-refractivity contribution in [3.63, 3.8) is 0 Å². The number of carbonyl (C=O) groups excluding carboxylic acids is 1. The van der Waals surface area contributed by atoms with Crippen LogP contribution in [-0.2, 0) is 30.1 Å². The zero-order valence-corrected chi connectivity index (χ0v) is 23.7. The lowest BCUT2D eigenvalue weighted by molar-refractivity contribution is -0.131. The number of likely N-dealkylation sites (N-methyl/N-ethyl adjacent to an activating group) is 1. The van der Waals surface area contributed by atoms with Gasteiger partial charge in [-0.1, -0.05) is 71.9 Å². The molecule has 204 valence electrons. The Bertz CT molecular complexity index is 1460. The van der Waals surface area contributed by atoms with Crippen LogP contribution in [-0.4, -0.2) is 34.0 Å². The summed E-state index contributed by atoms with van der Waals surface area (Å²) < 4.78 is 14.7. The van der Waals surface area contributed by atoms with Crippen LogP contribution in [0.4, 0.5) is 4.39 Å². The first kappa shape index (κ1) is 30.4. The quantitative estimate of drug-likeness (QED) is 0.194. The smallest absolute Gasteiger partial charge is 0.257 e. The summed E-state index contributed by atoms with van der Waals surface area (Å²) in [5.41, 5.74) is 9.71. The van der Waals surface area contributed by atoms with E-state index in [2.05, 4.69) is 4.98 Å². The number of rotatable bonds is 10. The molecule has 0 aliphatic rings. The minimum Gasteiger partial charge on any atom is -0.340 e. The average molecular weight is 588 g/mol. The van der Waals surface area contributed by atoms with Crippen LogP contribution in [0.1, 0.15) is 16.7 Å². The monoisotopic (exact) mass is 586 g/mol. The fraction of sp³-hybridized carbons (Fsp3) is 0.207. The summed E-state index contributed by atoms with van der Waals surface area (Å²) in [6.45, 7) is 0.504. The molecule has 3 aromatic carbocycles. The largest absolute Gasteiger partial charge is 0.340 e. The first-order valence-electron chi connectivity index (χ1n) is 12.1. The number of amides is 1. The average Bonchev–Trinajstić information content (AvgIpc) is 2.92. The van der Waals surface area contributed by atoms with E-state index in [0.29, 0.717) is 41.0 Å². The van der Waals surface area contributed by atoms with Gasteiger partial charge in [0.1, 0.15) is 12.4 Å². The number of benzene rings is 3. The molecule has 0 radical (unpaired) electrons. The summed E-state index contributed by atoms with van der Waals surface area (Å²) in [6.07, 6.45) is 1.89. The van der Waals surface area contributed by atoms with E-state index in [4.69, 9.17) is 17.3 Å². The highest BCUT2D eigenvalue weighted by atomic mass is 35.5. The molecule has 0 bridgehead atoms. The van der Waals surface area contributed by atoms with Gasteiger partial charge >= 0.3 is 0 Å². The molecule has 6 nitrogen and oxygen atoms in total. The van der Waals surface area contributed by atoms with Crippen molar-refractivity contribution >= 4 is 41.7 Å². The van der Waals surface area contributed by atoms with Crippen LogP contribution in [0.25, 0.3) is 11.1 Å². The summed E-state index contributed by atoms with van der Waals surface area (Å²) in [4.78, 5) is 32.6. The van der Waals surface area contributed by atoms with Gasteiger partial charge in [-0.15, -0.1) is 12.4 Å². The fourth-order valence-electron chi connectivity index (χ4n) is 4.00. The maximum Gasteiger partial charge on any atom is 0.257 e. The summed E-state index contributed by atoms with van der Waals surface area (Å²) in [6, 6.07) is 21.6. The molecule has 1 aromatic heterocycles. The van der Waals surface area contributed by atoms with Gasteiger partial charge < -0.3 is 10.6 Å². The van der Waals surface area contributed by atoms with Gasteiger partial charge in [0.25, 0.3) is 5.56 Å². The molecule has 1 heterocycles. The Balaban J connectivity index is 0.00000420. The lowest BCUT2D eigenvalue weighted by Gasteiger charge is -2.21. The summed E-state index contributed by atoms with van der Waals surface area (Å²) in [5, 5.41) is 1.07. The normalized spacial score (nSPS) is 10.7. The van der Waals surface area contributed by atoms with Crippen molar-refractivity contribution < 1.29 is 9.18 Å². The van der Waals surface area contributed by atoms with E-state index in [1.54, 1.807) is 24.1 Å². The Labute approximate surface area is 242 Å². The maximum atomic E-state index is 13.3. The van der Waals surface area contributed by atoms with Crippen LogP contribution in [0.15, 0.2) is 88.9 Å². The Morgan fingerprint density at radius 2 is 1.74 bits per heavy atom. The number of thioether (sulfide) groups is 1. The van der Waals surface area contributed by atoms with Crippen LogP contribution >= 0.6 is 35.8 Å². The molecular formula is C29H29Cl2FN4O2S. The van der Waals surface area contributed by atoms with E-state index in [1.165, 1.54) is 34.7 Å². The number of carbonyl (C=O) groups is 1. The highest BCUT2D eigenvalue weighted by molar-refractivity contribution is 7.98. The predicted octanol–water partition coefficient (Wildman–Crippen LogP) is 5.58. The van der Waals surface area contributed by atoms with Gasteiger partial charge in [-0.3, -0.25) is 14.2 Å². The first-order chi connectivity index (χ1) is 18.4. The van der Waals surface area contributed by atoms with E-state index in [0.717, 1.165) is 22.3 Å². The van der Waals surface area contributed by atoms with Crippen molar-refractivity contribution in [2.75, 3.05) is 13.6 Å². The van der Waals surface area contributed by atoms with E-state index in [1.807, 2.05) is 48.5 Å². The minimum absolute atomic E-state index is 0. The van der Waals surface area contributed by atoms with Crippen molar-refractivity contribution in [1.29, 1.82) is 0 Å². The van der Waals surface area contributed by atoms with Crippen molar-refractivity contribution in [2.24, 2.45) is 5.73 Å². The molecular weight excluding hydrogens is 558 g/mol. The molecule has 0 saturated heterocycles. The summed E-state index contributed by atoms with van der Waals surface area (Å²) in [7, 11) is 1.72. The molecule has 0 aliphatic carbocycles. The van der Waals surface area contributed by atoms with Crippen molar-refractivity contribution in [3.8, 4) is 11.1 Å². The molecule has 39 heavy (non-hydrogen) atoms. The predicted molar refractivity (Wildman–Crippen MR) is 158 cm³/mol. The third-order valence-electron chi connectivity index (χ3n) is 6.08. The van der Waals surface area contributed by atoms with Crippen LogP contribution in [0.3, 0.4) is 0 Å². The van der Waals surface area contributed by atoms with E-state index < -0.39 is 0 Å². The fourth-order valence-corrected chi connectivity index (χ4v) is 5.04. The summed E-state index contributed by atoms with van der Waals surface area (Å²) >= 11 is 7.37. The van der Waals surface area contributed by atoms with Crippen LogP contribution in [0.2, 0.25) is 5.02 Å². The standard InChI is InChI=1S/C29H28ClFN4O2S.ClH/c1-34(17-23-4-2-3-5-26(23)21-8-10-24(30)11-9-21)27(36)18-35-28(37)22(14-15-32)16-33-29(35)38-19-20-6-12-25(31)13-7-20;/h2-13,16H,14-15,17-19,32H2,1H3;1H. The molecule has 0 atom stereocenters. The Morgan fingerprint density at radius 3 is 2.44 bits per heavy atom. The maximum absolute atomic E-state index is 13.3. The second-order valence-electron chi connectivity index (χ2n) is 8.82. The van der Waals surface area contributed by atoms with Crippen molar-refractivity contribution in [3.05, 3.63) is 117 Å². The Kier molecular flexibility index (Phi) is 11.1. The molecule has 0 aliphatic heterocycles. The molecule has 2 N–H and O–H groups in total. The molecule has 10 heteroatoms. The zero-order valence-electron chi connectivity index (χ0n) is 21.3. The van der Waals surface area contributed by atoms with Crippen molar-refractivity contribution in [2.45, 2.75) is 30.4 Å². The minimum atomic E-state index is -0.314. The number of nitrogens with two attached hydrogens (primary N) is 1. The molecule has 0 spiro atoms. The van der Waals surface area contributed by atoms with Gasteiger partial charge in [0.15, 0.2) is 5.16 Å². The van der Waals surface area contributed by atoms with Gasteiger partial charge in [0, 0.05) is 36.1 Å².